The lowest BCUT2D eigenvalue weighted by molar-refractivity contribution is 0.0776. The number of likely N-dealkylation sites (N-methyl/N-ethyl adjacent to an activating group) is 1. The van der Waals surface area contributed by atoms with E-state index in [1.807, 2.05) is 12.1 Å². The largest absolute Gasteiger partial charge is 0.493 e. The highest BCUT2D eigenvalue weighted by atomic mass is 32.1. The number of carbonyl (C=O) groups excluding carboxylic acids is 1. The summed E-state index contributed by atoms with van der Waals surface area (Å²) in [6.07, 6.45) is 0. The van der Waals surface area contributed by atoms with Crippen LogP contribution in [0, 0.1) is 12.7 Å². The molecule has 1 aromatic heterocycles. The summed E-state index contributed by atoms with van der Waals surface area (Å²) in [5.41, 5.74) is 1.49. The van der Waals surface area contributed by atoms with Crippen molar-refractivity contribution in [2.75, 3.05) is 34.4 Å². The SMILES string of the molecule is COc1ccc(-c2nc(C)c(C(=O)N(C)CCOc3ccccc3F)s2)cc1OC. The first-order chi connectivity index (χ1) is 14.4. The molecular formula is C22H23FN2O4S. The van der Waals surface area contributed by atoms with Crippen molar-refractivity contribution >= 4 is 17.2 Å². The summed E-state index contributed by atoms with van der Waals surface area (Å²) in [5, 5.41) is 0.716. The van der Waals surface area contributed by atoms with E-state index in [9.17, 15) is 9.18 Å². The summed E-state index contributed by atoms with van der Waals surface area (Å²) in [6.45, 7) is 2.30. The fraction of sp³-hybridized carbons (Fsp3) is 0.273. The van der Waals surface area contributed by atoms with Gasteiger partial charge in [-0.15, -0.1) is 11.3 Å². The molecule has 3 aromatic rings. The van der Waals surface area contributed by atoms with E-state index in [0.717, 1.165) is 5.56 Å². The van der Waals surface area contributed by atoms with Crippen molar-refractivity contribution < 1.29 is 23.4 Å². The monoisotopic (exact) mass is 430 g/mol. The average molecular weight is 431 g/mol. The topological polar surface area (TPSA) is 60.9 Å². The van der Waals surface area contributed by atoms with Gasteiger partial charge in [-0.1, -0.05) is 12.1 Å². The van der Waals surface area contributed by atoms with Crippen LogP contribution in [0.25, 0.3) is 10.6 Å². The van der Waals surface area contributed by atoms with Gasteiger partial charge in [-0.2, -0.15) is 0 Å². The quantitative estimate of drug-likeness (QED) is 0.529. The number of aromatic nitrogens is 1. The maximum Gasteiger partial charge on any atom is 0.265 e. The minimum atomic E-state index is -0.427. The predicted molar refractivity (Wildman–Crippen MR) is 114 cm³/mol. The van der Waals surface area contributed by atoms with Crippen LogP contribution in [-0.4, -0.2) is 50.2 Å². The molecular weight excluding hydrogens is 407 g/mol. The Bertz CT molecular complexity index is 1040. The number of para-hydroxylation sites is 1. The standard InChI is InChI=1S/C22H23FN2O4S/c1-14-20(22(26)25(2)11-12-29-17-8-6-5-7-16(17)23)30-21(24-14)15-9-10-18(27-3)19(13-15)28-4/h5-10,13H,11-12H2,1-4H3. The van der Waals surface area contributed by atoms with Crippen LogP contribution >= 0.6 is 11.3 Å². The van der Waals surface area contributed by atoms with Crippen LogP contribution in [0.3, 0.4) is 0 Å². The van der Waals surface area contributed by atoms with Gasteiger partial charge in [0.2, 0.25) is 0 Å². The summed E-state index contributed by atoms with van der Waals surface area (Å²) >= 11 is 1.31. The Morgan fingerprint density at radius 3 is 2.53 bits per heavy atom. The molecule has 2 aromatic carbocycles. The number of amides is 1. The van der Waals surface area contributed by atoms with Crippen LogP contribution in [0.2, 0.25) is 0 Å². The fourth-order valence-electron chi connectivity index (χ4n) is 2.82. The Hall–Kier alpha value is -3.13. The Labute approximate surface area is 178 Å². The number of hydrogen-bond acceptors (Lipinski definition) is 6. The number of methoxy groups -OCH3 is 2. The average Bonchev–Trinajstić information content (AvgIpc) is 3.15. The summed E-state index contributed by atoms with van der Waals surface area (Å²) in [5.74, 6) is 0.805. The minimum Gasteiger partial charge on any atom is -0.493 e. The zero-order chi connectivity index (χ0) is 21.7. The number of carbonyl (C=O) groups is 1. The lowest BCUT2D eigenvalue weighted by Gasteiger charge is -2.17. The van der Waals surface area contributed by atoms with Gasteiger partial charge >= 0.3 is 0 Å². The van der Waals surface area contributed by atoms with Gasteiger partial charge in [-0.05, 0) is 37.3 Å². The Balaban J connectivity index is 1.69. The molecule has 0 saturated carbocycles. The number of halogens is 1. The molecule has 0 bridgehead atoms. The van der Waals surface area contributed by atoms with E-state index in [1.165, 1.54) is 17.4 Å². The smallest absolute Gasteiger partial charge is 0.265 e. The van der Waals surface area contributed by atoms with Gasteiger partial charge in [0.25, 0.3) is 5.91 Å². The first-order valence-corrected chi connectivity index (χ1v) is 10.1. The summed E-state index contributed by atoms with van der Waals surface area (Å²) in [4.78, 5) is 19.5. The normalized spacial score (nSPS) is 10.6. The highest BCUT2D eigenvalue weighted by Crippen LogP contribution is 2.35. The van der Waals surface area contributed by atoms with E-state index in [-0.39, 0.29) is 18.3 Å². The molecule has 0 atom stereocenters. The number of hydrogen-bond donors (Lipinski definition) is 0. The molecule has 0 unspecified atom stereocenters. The van der Waals surface area contributed by atoms with Crippen LogP contribution in [0.4, 0.5) is 4.39 Å². The molecule has 0 N–H and O–H groups in total. The minimum absolute atomic E-state index is 0.158. The number of thiazole rings is 1. The molecule has 0 aliphatic heterocycles. The van der Waals surface area contributed by atoms with Crippen molar-refractivity contribution in [3.63, 3.8) is 0 Å². The van der Waals surface area contributed by atoms with E-state index in [4.69, 9.17) is 14.2 Å². The second-order valence-corrected chi connectivity index (χ2v) is 7.51. The van der Waals surface area contributed by atoms with Crippen molar-refractivity contribution in [1.82, 2.24) is 9.88 Å². The molecule has 0 aliphatic carbocycles. The predicted octanol–water partition coefficient (Wildman–Crippen LogP) is 4.43. The lowest BCUT2D eigenvalue weighted by atomic mass is 10.2. The number of nitrogens with zero attached hydrogens (tertiary/aromatic N) is 2. The van der Waals surface area contributed by atoms with E-state index >= 15 is 0 Å². The third kappa shape index (κ3) is 4.71. The molecule has 8 heteroatoms. The van der Waals surface area contributed by atoms with E-state index in [1.54, 1.807) is 57.4 Å². The molecule has 0 radical (unpaired) electrons. The fourth-order valence-corrected chi connectivity index (χ4v) is 3.87. The summed E-state index contributed by atoms with van der Waals surface area (Å²) in [6, 6.07) is 11.7. The molecule has 3 rings (SSSR count). The first kappa shape index (κ1) is 21.6. The Morgan fingerprint density at radius 1 is 1.10 bits per heavy atom. The highest BCUT2D eigenvalue weighted by Gasteiger charge is 2.20. The van der Waals surface area contributed by atoms with Crippen molar-refractivity contribution in [1.29, 1.82) is 0 Å². The summed E-state index contributed by atoms with van der Waals surface area (Å²) in [7, 11) is 4.83. The lowest BCUT2D eigenvalue weighted by Crippen LogP contribution is -2.30. The third-order valence-electron chi connectivity index (χ3n) is 4.49. The van der Waals surface area contributed by atoms with Gasteiger partial charge in [-0.25, -0.2) is 9.37 Å². The van der Waals surface area contributed by atoms with Gasteiger partial charge in [0, 0.05) is 12.6 Å². The van der Waals surface area contributed by atoms with Gasteiger partial charge < -0.3 is 19.1 Å². The number of benzene rings is 2. The Morgan fingerprint density at radius 2 is 1.83 bits per heavy atom. The molecule has 0 aliphatic rings. The van der Waals surface area contributed by atoms with Gasteiger partial charge in [0.15, 0.2) is 23.1 Å². The molecule has 158 valence electrons. The van der Waals surface area contributed by atoms with E-state index < -0.39 is 5.82 Å². The second-order valence-electron chi connectivity index (χ2n) is 6.51. The van der Waals surface area contributed by atoms with Crippen molar-refractivity contribution in [2.45, 2.75) is 6.92 Å². The van der Waals surface area contributed by atoms with Gasteiger partial charge in [-0.3, -0.25) is 4.79 Å². The van der Waals surface area contributed by atoms with Crippen molar-refractivity contribution in [3.8, 4) is 27.8 Å². The van der Waals surface area contributed by atoms with E-state index in [2.05, 4.69) is 4.98 Å². The molecule has 1 heterocycles. The zero-order valence-corrected chi connectivity index (χ0v) is 18.1. The molecule has 0 spiro atoms. The van der Waals surface area contributed by atoms with Crippen molar-refractivity contribution in [2.24, 2.45) is 0 Å². The van der Waals surface area contributed by atoms with Gasteiger partial charge in [0.1, 0.15) is 16.5 Å². The molecule has 0 saturated heterocycles. The molecule has 30 heavy (non-hydrogen) atoms. The van der Waals surface area contributed by atoms with E-state index in [0.29, 0.717) is 33.6 Å². The molecule has 6 nitrogen and oxygen atoms in total. The van der Waals surface area contributed by atoms with Crippen LogP contribution in [-0.2, 0) is 0 Å². The van der Waals surface area contributed by atoms with Gasteiger partial charge in [0.05, 0.1) is 26.5 Å². The maximum atomic E-state index is 13.6. The number of rotatable bonds is 8. The number of ether oxygens (including phenoxy) is 3. The number of aryl methyl sites for hydroxylation is 1. The Kier molecular flexibility index (Phi) is 6.89. The zero-order valence-electron chi connectivity index (χ0n) is 17.3. The first-order valence-electron chi connectivity index (χ1n) is 9.27. The van der Waals surface area contributed by atoms with Crippen LogP contribution in [0.1, 0.15) is 15.4 Å². The molecule has 0 fully saturated rings. The molecule has 1 amide bonds. The highest BCUT2D eigenvalue weighted by molar-refractivity contribution is 7.17. The maximum absolute atomic E-state index is 13.6. The van der Waals surface area contributed by atoms with Crippen LogP contribution in [0.5, 0.6) is 17.2 Å². The van der Waals surface area contributed by atoms with Crippen LogP contribution in [0.15, 0.2) is 42.5 Å². The second kappa shape index (κ2) is 9.58. The van der Waals surface area contributed by atoms with Crippen molar-refractivity contribution in [3.05, 3.63) is 58.9 Å². The summed E-state index contributed by atoms with van der Waals surface area (Å²) < 4.78 is 29.7. The third-order valence-corrected chi connectivity index (χ3v) is 5.68. The van der Waals surface area contributed by atoms with Crippen LogP contribution < -0.4 is 14.2 Å².